The number of rotatable bonds is 4. The van der Waals surface area contributed by atoms with E-state index in [9.17, 15) is 18.0 Å². The fourth-order valence-electron chi connectivity index (χ4n) is 4.99. The zero-order valence-corrected chi connectivity index (χ0v) is 18.2. The average Bonchev–Trinajstić information content (AvgIpc) is 3.15. The Morgan fingerprint density at radius 1 is 1.00 bits per heavy atom. The number of likely N-dealkylation sites (tertiary alicyclic amines) is 2. The Kier molecular flexibility index (Phi) is 6.30. The Morgan fingerprint density at radius 2 is 1.65 bits per heavy atom. The molecule has 0 amide bonds. The highest BCUT2D eigenvalue weighted by atomic mass is 19.4. The lowest BCUT2D eigenvalue weighted by Crippen LogP contribution is -2.49. The summed E-state index contributed by atoms with van der Waals surface area (Å²) in [7, 11) is 0. The van der Waals surface area contributed by atoms with Crippen LogP contribution in [-0.2, 0) is 6.18 Å². The quantitative estimate of drug-likeness (QED) is 0.774. The molecule has 2 aliphatic rings. The Morgan fingerprint density at radius 3 is 2.26 bits per heavy atom. The number of aromatic nitrogens is 2. The molecule has 170 valence electrons. The number of nitrogens with zero attached hydrogens (tertiary/aromatic N) is 3. The summed E-state index contributed by atoms with van der Waals surface area (Å²) in [4.78, 5) is 20.4. The van der Waals surface area contributed by atoms with Gasteiger partial charge < -0.3 is 14.8 Å². The Balaban J connectivity index is 1.40. The highest BCUT2D eigenvalue weighted by Crippen LogP contribution is 2.32. The summed E-state index contributed by atoms with van der Waals surface area (Å²) in [5, 5.41) is 0. The van der Waals surface area contributed by atoms with Crippen molar-refractivity contribution in [2.75, 3.05) is 26.2 Å². The third-order valence-corrected chi connectivity index (χ3v) is 6.88. The molecule has 1 aromatic carbocycles. The largest absolute Gasteiger partial charge is 0.416 e. The second-order valence-electron chi connectivity index (χ2n) is 9.09. The number of H-pyrrole nitrogens is 1. The van der Waals surface area contributed by atoms with E-state index in [1.54, 1.807) is 16.8 Å². The molecular weight excluding hydrogens is 405 g/mol. The van der Waals surface area contributed by atoms with Gasteiger partial charge in [0, 0.05) is 43.0 Å². The van der Waals surface area contributed by atoms with E-state index in [2.05, 4.69) is 28.6 Å². The first-order valence-corrected chi connectivity index (χ1v) is 11.2. The standard InChI is InChI=1S/C23H31F3N4O/c1-16(2)28-10-6-19(7-11-28)29-12-8-20(9-13-29)30-15-21(27-22(30)31)17-4-3-5-18(14-17)23(24,25)26/h3-5,14-16,19-20H,6-13H2,1-2H3,(H,27,31). The number of imidazole rings is 1. The van der Waals surface area contributed by atoms with Gasteiger partial charge in [0.2, 0.25) is 0 Å². The van der Waals surface area contributed by atoms with Crippen molar-refractivity contribution in [2.24, 2.45) is 0 Å². The third-order valence-electron chi connectivity index (χ3n) is 6.88. The molecule has 0 aliphatic carbocycles. The third kappa shape index (κ3) is 4.90. The molecule has 2 aromatic rings. The molecule has 31 heavy (non-hydrogen) atoms. The summed E-state index contributed by atoms with van der Waals surface area (Å²) in [5.74, 6) is 0. The van der Waals surface area contributed by atoms with E-state index < -0.39 is 11.7 Å². The molecule has 0 unspecified atom stereocenters. The van der Waals surface area contributed by atoms with Crippen LogP contribution in [0.15, 0.2) is 35.3 Å². The minimum Gasteiger partial charge on any atom is -0.306 e. The van der Waals surface area contributed by atoms with Gasteiger partial charge in [0.05, 0.1) is 11.3 Å². The van der Waals surface area contributed by atoms with Gasteiger partial charge in [-0.15, -0.1) is 0 Å². The Bertz CT molecular complexity index is 933. The summed E-state index contributed by atoms with van der Waals surface area (Å²) in [6.45, 7) is 8.67. The fraction of sp³-hybridized carbons (Fsp3) is 0.609. The van der Waals surface area contributed by atoms with Crippen LogP contribution in [0.3, 0.4) is 0 Å². The molecule has 5 nitrogen and oxygen atoms in total. The van der Waals surface area contributed by atoms with Crippen molar-refractivity contribution in [3.8, 4) is 11.3 Å². The van der Waals surface area contributed by atoms with Crippen molar-refractivity contribution in [2.45, 2.75) is 63.8 Å². The number of aromatic amines is 1. The summed E-state index contributed by atoms with van der Waals surface area (Å²) < 4.78 is 40.8. The Hall–Kier alpha value is -2.06. The van der Waals surface area contributed by atoms with Gasteiger partial charge in [-0.05, 0) is 64.8 Å². The van der Waals surface area contributed by atoms with Crippen LogP contribution >= 0.6 is 0 Å². The lowest BCUT2D eigenvalue weighted by atomic mass is 9.97. The first-order valence-electron chi connectivity index (χ1n) is 11.2. The Labute approximate surface area is 180 Å². The molecule has 2 saturated heterocycles. The second-order valence-corrected chi connectivity index (χ2v) is 9.09. The number of alkyl halides is 3. The highest BCUT2D eigenvalue weighted by Gasteiger charge is 2.31. The molecule has 3 heterocycles. The van der Waals surface area contributed by atoms with Gasteiger partial charge in [-0.25, -0.2) is 4.79 Å². The van der Waals surface area contributed by atoms with Crippen molar-refractivity contribution in [3.05, 3.63) is 46.5 Å². The van der Waals surface area contributed by atoms with Crippen molar-refractivity contribution < 1.29 is 13.2 Å². The summed E-state index contributed by atoms with van der Waals surface area (Å²) in [6.07, 6.45) is 1.41. The predicted octanol–water partition coefficient (Wildman–Crippen LogP) is 4.37. The maximum Gasteiger partial charge on any atom is 0.416 e. The van der Waals surface area contributed by atoms with Crippen molar-refractivity contribution >= 4 is 0 Å². The van der Waals surface area contributed by atoms with Crippen LogP contribution in [0.5, 0.6) is 0 Å². The molecule has 8 heteroatoms. The number of hydrogen-bond acceptors (Lipinski definition) is 3. The molecule has 1 N–H and O–H groups in total. The van der Waals surface area contributed by atoms with E-state index in [1.165, 1.54) is 18.9 Å². The number of halogens is 3. The van der Waals surface area contributed by atoms with E-state index in [1.807, 2.05) is 0 Å². The first-order chi connectivity index (χ1) is 14.7. The van der Waals surface area contributed by atoms with Gasteiger partial charge in [0.1, 0.15) is 0 Å². The van der Waals surface area contributed by atoms with Crippen LogP contribution in [0.2, 0.25) is 0 Å². The van der Waals surface area contributed by atoms with Gasteiger partial charge in [0.25, 0.3) is 0 Å². The molecule has 2 fully saturated rings. The molecule has 1 aromatic heterocycles. The summed E-state index contributed by atoms with van der Waals surface area (Å²) >= 11 is 0. The van der Waals surface area contributed by atoms with Crippen LogP contribution < -0.4 is 5.69 Å². The lowest BCUT2D eigenvalue weighted by Gasteiger charge is -2.42. The number of benzene rings is 1. The van der Waals surface area contributed by atoms with E-state index in [4.69, 9.17) is 0 Å². The molecule has 0 atom stereocenters. The second kappa shape index (κ2) is 8.82. The van der Waals surface area contributed by atoms with Gasteiger partial charge >= 0.3 is 11.9 Å². The van der Waals surface area contributed by atoms with E-state index in [0.717, 1.165) is 51.2 Å². The van der Waals surface area contributed by atoms with E-state index >= 15 is 0 Å². The molecule has 0 radical (unpaired) electrons. The smallest absolute Gasteiger partial charge is 0.306 e. The molecule has 0 saturated carbocycles. The number of nitrogens with one attached hydrogen (secondary N) is 1. The summed E-state index contributed by atoms with van der Waals surface area (Å²) in [5.41, 5.74) is -0.161. The van der Waals surface area contributed by atoms with Crippen LogP contribution in [-0.4, -0.2) is 57.6 Å². The zero-order valence-electron chi connectivity index (χ0n) is 18.2. The van der Waals surface area contributed by atoms with E-state index in [0.29, 0.717) is 23.3 Å². The maximum atomic E-state index is 13.0. The number of hydrogen-bond donors (Lipinski definition) is 1. The maximum absolute atomic E-state index is 13.0. The molecule has 0 bridgehead atoms. The zero-order chi connectivity index (χ0) is 22.2. The molecule has 0 spiro atoms. The van der Waals surface area contributed by atoms with Gasteiger partial charge in [-0.3, -0.25) is 4.57 Å². The normalized spacial score (nSPS) is 20.6. The van der Waals surface area contributed by atoms with Crippen molar-refractivity contribution in [3.63, 3.8) is 0 Å². The molecular formula is C23H31F3N4O. The molecule has 4 rings (SSSR count). The van der Waals surface area contributed by atoms with Crippen LogP contribution in [0.1, 0.15) is 51.1 Å². The van der Waals surface area contributed by atoms with Crippen molar-refractivity contribution in [1.82, 2.24) is 19.4 Å². The summed E-state index contributed by atoms with van der Waals surface area (Å²) in [6, 6.07) is 6.38. The topological polar surface area (TPSA) is 44.3 Å². The lowest BCUT2D eigenvalue weighted by molar-refractivity contribution is -0.137. The molecule has 2 aliphatic heterocycles. The number of piperidine rings is 2. The predicted molar refractivity (Wildman–Crippen MR) is 115 cm³/mol. The van der Waals surface area contributed by atoms with Crippen LogP contribution in [0.25, 0.3) is 11.3 Å². The highest BCUT2D eigenvalue weighted by molar-refractivity contribution is 5.59. The minimum absolute atomic E-state index is 0.0790. The van der Waals surface area contributed by atoms with Gasteiger partial charge in [0.15, 0.2) is 0 Å². The van der Waals surface area contributed by atoms with Gasteiger partial charge in [-0.2, -0.15) is 13.2 Å². The average molecular weight is 437 g/mol. The monoisotopic (exact) mass is 436 g/mol. The first kappa shape index (κ1) is 22.1. The van der Waals surface area contributed by atoms with Crippen molar-refractivity contribution in [1.29, 1.82) is 0 Å². The minimum atomic E-state index is -4.41. The van der Waals surface area contributed by atoms with Crippen LogP contribution in [0.4, 0.5) is 13.2 Å². The SMILES string of the molecule is CC(C)N1CCC(N2CCC(n3cc(-c4cccc(C(F)(F)F)c4)[nH]c3=O)CC2)CC1. The fourth-order valence-corrected chi connectivity index (χ4v) is 4.99. The van der Waals surface area contributed by atoms with E-state index in [-0.39, 0.29) is 11.7 Å². The van der Waals surface area contributed by atoms with Gasteiger partial charge in [-0.1, -0.05) is 12.1 Å². The van der Waals surface area contributed by atoms with Crippen LogP contribution in [0, 0.1) is 0 Å².